The normalized spacial score (nSPS) is 11.2. The Kier molecular flexibility index (Phi) is 5.09. The summed E-state index contributed by atoms with van der Waals surface area (Å²) in [5.41, 5.74) is 0.516. The van der Waals surface area contributed by atoms with Gasteiger partial charge in [0, 0.05) is 0 Å². The molecule has 0 aromatic heterocycles. The molecule has 0 fully saturated rings. The van der Waals surface area contributed by atoms with Crippen molar-refractivity contribution in [2.75, 3.05) is 0 Å². The molecule has 1 aromatic carbocycles. The maximum absolute atomic E-state index is 10.8. The van der Waals surface area contributed by atoms with Gasteiger partial charge in [0.2, 0.25) is 0 Å². The first kappa shape index (κ1) is 13.2. The van der Waals surface area contributed by atoms with Gasteiger partial charge in [-0.25, -0.2) is 0 Å². The molecule has 2 N–H and O–H groups in total. The monoisotopic (exact) mass is 210 g/mol. The van der Waals surface area contributed by atoms with Gasteiger partial charge in [-0.2, -0.15) is 0 Å². The predicted octanol–water partition coefficient (Wildman–Crippen LogP) is 1.97. The molecule has 82 valence electrons. The van der Waals surface area contributed by atoms with Crippen LogP contribution in [0.4, 0.5) is 0 Å². The molecular formula is C11H14O4. The third-order valence-electron chi connectivity index (χ3n) is 1.88. The minimum atomic E-state index is -1.11. The Morgan fingerprint density at radius 1 is 1.13 bits per heavy atom. The van der Waals surface area contributed by atoms with Gasteiger partial charge in [-0.05, 0) is 5.56 Å². The van der Waals surface area contributed by atoms with Crippen LogP contribution >= 0.6 is 0 Å². The number of aliphatic carboxylic acids is 2. The fourth-order valence-corrected chi connectivity index (χ4v) is 1.21. The molecular weight excluding hydrogens is 196 g/mol. The number of carbonyl (C=O) groups is 2. The van der Waals surface area contributed by atoms with Gasteiger partial charge in [-0.3, -0.25) is 9.59 Å². The fourth-order valence-electron chi connectivity index (χ4n) is 1.21. The van der Waals surface area contributed by atoms with Gasteiger partial charge in [-0.1, -0.05) is 37.8 Å². The first-order valence-corrected chi connectivity index (χ1v) is 4.11. The van der Waals surface area contributed by atoms with Crippen molar-refractivity contribution in [2.24, 2.45) is 0 Å². The minimum Gasteiger partial charge on any atom is -0.481 e. The highest BCUT2D eigenvalue weighted by atomic mass is 16.4. The second-order valence-corrected chi connectivity index (χ2v) is 2.90. The van der Waals surface area contributed by atoms with Crippen LogP contribution in [-0.2, 0) is 9.59 Å². The van der Waals surface area contributed by atoms with Crippen LogP contribution in [0.3, 0.4) is 0 Å². The lowest BCUT2D eigenvalue weighted by Gasteiger charge is -2.09. The molecule has 0 amide bonds. The van der Waals surface area contributed by atoms with Gasteiger partial charge in [0.15, 0.2) is 0 Å². The molecule has 0 aliphatic heterocycles. The van der Waals surface area contributed by atoms with E-state index in [-0.39, 0.29) is 13.8 Å². The van der Waals surface area contributed by atoms with Crippen LogP contribution in [0.2, 0.25) is 0 Å². The maximum Gasteiger partial charge on any atom is 0.311 e. The van der Waals surface area contributed by atoms with Crippen LogP contribution in [0.5, 0.6) is 0 Å². The molecule has 0 bridgehead atoms. The van der Waals surface area contributed by atoms with Gasteiger partial charge in [0.25, 0.3) is 0 Å². The lowest BCUT2D eigenvalue weighted by atomic mass is 9.96. The summed E-state index contributed by atoms with van der Waals surface area (Å²) in [5, 5.41) is 17.3. The molecule has 1 aromatic rings. The molecule has 4 heteroatoms. The molecule has 0 saturated heterocycles. The molecule has 1 atom stereocenters. The van der Waals surface area contributed by atoms with Crippen LogP contribution in [0.1, 0.15) is 25.3 Å². The van der Waals surface area contributed by atoms with Crippen molar-refractivity contribution in [3.8, 4) is 0 Å². The van der Waals surface area contributed by atoms with E-state index in [9.17, 15) is 9.59 Å². The van der Waals surface area contributed by atoms with E-state index in [1.54, 1.807) is 30.3 Å². The van der Waals surface area contributed by atoms with Crippen molar-refractivity contribution < 1.29 is 19.8 Å². The molecule has 0 aliphatic rings. The summed E-state index contributed by atoms with van der Waals surface area (Å²) in [6, 6.07) is 8.35. The van der Waals surface area contributed by atoms with Crippen LogP contribution in [0, 0.1) is 0 Å². The van der Waals surface area contributed by atoms with Gasteiger partial charge in [0.05, 0.1) is 12.3 Å². The van der Waals surface area contributed by atoms with E-state index in [4.69, 9.17) is 10.2 Å². The van der Waals surface area contributed by atoms with E-state index >= 15 is 0 Å². The van der Waals surface area contributed by atoms with Gasteiger partial charge >= 0.3 is 11.9 Å². The predicted molar refractivity (Wildman–Crippen MR) is 55.8 cm³/mol. The van der Waals surface area contributed by atoms with Crippen molar-refractivity contribution in [2.45, 2.75) is 19.8 Å². The number of rotatable bonds is 4. The maximum atomic E-state index is 10.8. The van der Waals surface area contributed by atoms with E-state index < -0.39 is 17.9 Å². The summed E-state index contributed by atoms with van der Waals surface area (Å²) in [6.07, 6.45) is -0.390. The number of benzene rings is 1. The number of carboxylic acids is 2. The highest BCUT2D eigenvalue weighted by molar-refractivity contribution is 5.82. The topological polar surface area (TPSA) is 74.6 Å². The van der Waals surface area contributed by atoms with Crippen molar-refractivity contribution in [3.05, 3.63) is 35.9 Å². The Labute approximate surface area is 88.2 Å². The molecule has 0 spiro atoms. The summed E-state index contributed by atoms with van der Waals surface area (Å²) < 4.78 is 0. The smallest absolute Gasteiger partial charge is 0.311 e. The Morgan fingerprint density at radius 2 is 1.67 bits per heavy atom. The first-order valence-electron chi connectivity index (χ1n) is 4.11. The zero-order valence-electron chi connectivity index (χ0n) is 7.38. The van der Waals surface area contributed by atoms with Gasteiger partial charge in [-0.15, -0.1) is 0 Å². The molecule has 1 rings (SSSR count). The van der Waals surface area contributed by atoms with Crippen LogP contribution in [0.25, 0.3) is 0 Å². The summed E-state index contributed by atoms with van der Waals surface area (Å²) in [4.78, 5) is 21.2. The summed E-state index contributed by atoms with van der Waals surface area (Å²) in [5.74, 6) is -3.19. The lowest BCUT2D eigenvalue weighted by Crippen LogP contribution is -2.15. The number of hydrogen-bond donors (Lipinski definition) is 2. The summed E-state index contributed by atoms with van der Waals surface area (Å²) in [6.45, 7) is 0. The Bertz CT molecular complexity index is 332. The number of carboxylic acid groups (broad SMARTS) is 2. The average molecular weight is 210 g/mol. The van der Waals surface area contributed by atoms with Crippen molar-refractivity contribution in [3.63, 3.8) is 0 Å². The highest BCUT2D eigenvalue weighted by Gasteiger charge is 2.22. The fraction of sp³-hybridized carbons (Fsp3) is 0.273. The van der Waals surface area contributed by atoms with Gasteiger partial charge < -0.3 is 10.2 Å². The number of hydrogen-bond acceptors (Lipinski definition) is 2. The molecule has 0 saturated carbocycles. The van der Waals surface area contributed by atoms with E-state index in [0.717, 1.165) is 0 Å². The van der Waals surface area contributed by atoms with Gasteiger partial charge in [0.1, 0.15) is 0 Å². The van der Waals surface area contributed by atoms with Crippen molar-refractivity contribution in [1.82, 2.24) is 0 Å². The third kappa shape index (κ3) is 3.81. The zero-order valence-corrected chi connectivity index (χ0v) is 7.38. The van der Waals surface area contributed by atoms with Crippen molar-refractivity contribution in [1.29, 1.82) is 0 Å². The standard InChI is InChI=1S/C10H10O4.CH4/c11-9(12)6-8(10(13)14)7-4-2-1-3-5-7;/h1-5,8H,6H2,(H,11,12)(H,13,14);1H4/t8-;/m0./s1. The summed E-state index contributed by atoms with van der Waals surface area (Å²) in [7, 11) is 0. The average Bonchev–Trinajstić information content (AvgIpc) is 2.15. The van der Waals surface area contributed by atoms with E-state index in [1.807, 2.05) is 0 Å². The Morgan fingerprint density at radius 3 is 2.07 bits per heavy atom. The molecule has 15 heavy (non-hydrogen) atoms. The van der Waals surface area contributed by atoms with E-state index in [0.29, 0.717) is 5.56 Å². The zero-order chi connectivity index (χ0) is 10.6. The Hall–Kier alpha value is -1.84. The van der Waals surface area contributed by atoms with E-state index in [2.05, 4.69) is 0 Å². The first-order chi connectivity index (χ1) is 6.61. The largest absolute Gasteiger partial charge is 0.481 e. The second kappa shape index (κ2) is 5.80. The molecule has 0 aliphatic carbocycles. The highest BCUT2D eigenvalue weighted by Crippen LogP contribution is 2.19. The third-order valence-corrected chi connectivity index (χ3v) is 1.88. The second-order valence-electron chi connectivity index (χ2n) is 2.90. The van der Waals surface area contributed by atoms with Crippen molar-refractivity contribution >= 4 is 11.9 Å². The summed E-state index contributed by atoms with van der Waals surface area (Å²) >= 11 is 0. The molecule has 0 unspecified atom stereocenters. The lowest BCUT2D eigenvalue weighted by molar-refractivity contribution is -0.145. The quantitative estimate of drug-likeness (QED) is 0.796. The van der Waals surface area contributed by atoms with Crippen LogP contribution < -0.4 is 0 Å². The molecule has 0 radical (unpaired) electrons. The van der Waals surface area contributed by atoms with E-state index in [1.165, 1.54) is 0 Å². The van der Waals surface area contributed by atoms with Crippen LogP contribution in [-0.4, -0.2) is 22.2 Å². The van der Waals surface area contributed by atoms with Crippen LogP contribution in [0.15, 0.2) is 30.3 Å². The Balaban J connectivity index is 0.00000196. The molecule has 4 nitrogen and oxygen atoms in total. The molecule has 0 heterocycles. The minimum absolute atomic E-state index is 0. The SMILES string of the molecule is C.O=C(O)C[C@H](C(=O)O)c1ccccc1.